The topological polar surface area (TPSA) is 3.24 Å². The van der Waals surface area contributed by atoms with E-state index in [9.17, 15) is 0 Å². The maximum Gasteiger partial charge on any atom is 0.0540 e. The van der Waals surface area contributed by atoms with Crippen LogP contribution in [0.3, 0.4) is 0 Å². The summed E-state index contributed by atoms with van der Waals surface area (Å²) in [4.78, 5) is 2.36. The van der Waals surface area contributed by atoms with Gasteiger partial charge in [-0.1, -0.05) is 109 Å². The van der Waals surface area contributed by atoms with Gasteiger partial charge < -0.3 is 4.90 Å². The second-order valence-electron chi connectivity index (χ2n) is 8.25. The first-order valence-corrected chi connectivity index (χ1v) is 11.3. The molecule has 33 heavy (non-hydrogen) atoms. The fraction of sp³-hybridized carbons (Fsp3) is 0. The lowest BCUT2D eigenvalue weighted by Crippen LogP contribution is -2.11. The molecular formula is C32H23N. The van der Waals surface area contributed by atoms with Gasteiger partial charge in [0.25, 0.3) is 0 Å². The molecule has 0 saturated carbocycles. The molecule has 0 bridgehead atoms. The van der Waals surface area contributed by atoms with Gasteiger partial charge in [-0.3, -0.25) is 0 Å². The summed E-state index contributed by atoms with van der Waals surface area (Å²) < 4.78 is 0. The zero-order valence-electron chi connectivity index (χ0n) is 18.2. The number of nitrogens with zero attached hydrogens (tertiary/aromatic N) is 1. The molecule has 0 aliphatic rings. The largest absolute Gasteiger partial charge is 0.310 e. The van der Waals surface area contributed by atoms with E-state index < -0.39 is 0 Å². The van der Waals surface area contributed by atoms with E-state index in [1.807, 2.05) is 0 Å². The maximum atomic E-state index is 2.36. The molecule has 0 N–H and O–H groups in total. The molecule has 0 atom stereocenters. The molecule has 0 heterocycles. The summed E-state index contributed by atoms with van der Waals surface area (Å²) in [6, 6.07) is 49.7. The van der Waals surface area contributed by atoms with Crippen LogP contribution in [0, 0.1) is 0 Å². The Hall–Kier alpha value is -4.36. The Kier molecular flexibility index (Phi) is 4.86. The zero-order chi connectivity index (χ0) is 22.0. The first-order chi connectivity index (χ1) is 16.4. The minimum atomic E-state index is 1.14. The molecule has 0 radical (unpaired) electrons. The van der Waals surface area contributed by atoms with Crippen LogP contribution in [0.4, 0.5) is 17.1 Å². The summed E-state index contributed by atoms with van der Waals surface area (Å²) in [6.07, 6.45) is 0. The van der Waals surface area contributed by atoms with E-state index >= 15 is 0 Å². The molecule has 1 heteroatoms. The molecular weight excluding hydrogens is 398 g/mol. The smallest absolute Gasteiger partial charge is 0.0540 e. The van der Waals surface area contributed by atoms with Crippen molar-refractivity contribution in [2.75, 3.05) is 4.90 Å². The molecule has 0 fully saturated rings. The number of anilines is 3. The van der Waals surface area contributed by atoms with E-state index in [2.05, 4.69) is 144 Å². The van der Waals surface area contributed by atoms with E-state index in [4.69, 9.17) is 0 Å². The summed E-state index contributed by atoms with van der Waals surface area (Å²) in [6.45, 7) is 0. The van der Waals surface area contributed by atoms with Gasteiger partial charge in [0.05, 0.1) is 5.69 Å². The Morgan fingerprint density at radius 2 is 1.03 bits per heavy atom. The Bertz CT molecular complexity index is 1550. The predicted octanol–water partition coefficient (Wildman–Crippen LogP) is 9.13. The number of hydrogen-bond donors (Lipinski definition) is 0. The van der Waals surface area contributed by atoms with Crippen molar-refractivity contribution in [2.45, 2.75) is 0 Å². The quantitative estimate of drug-likeness (QED) is 0.256. The van der Waals surface area contributed by atoms with Gasteiger partial charge >= 0.3 is 0 Å². The molecule has 1 nitrogen and oxygen atoms in total. The molecule has 0 saturated heterocycles. The Morgan fingerprint density at radius 3 is 1.88 bits per heavy atom. The summed E-state index contributed by atoms with van der Waals surface area (Å²) in [5.41, 5.74) is 5.87. The van der Waals surface area contributed by atoms with E-state index in [1.165, 1.54) is 32.7 Å². The minimum absolute atomic E-state index is 1.14. The van der Waals surface area contributed by atoms with E-state index in [0.717, 1.165) is 17.1 Å². The van der Waals surface area contributed by atoms with Gasteiger partial charge in [0.1, 0.15) is 0 Å². The highest BCUT2D eigenvalue weighted by Crippen LogP contribution is 2.41. The van der Waals surface area contributed by atoms with Crippen molar-refractivity contribution in [3.63, 3.8) is 0 Å². The van der Waals surface area contributed by atoms with Crippen molar-refractivity contribution >= 4 is 38.6 Å². The first-order valence-electron chi connectivity index (χ1n) is 11.3. The van der Waals surface area contributed by atoms with Gasteiger partial charge in [-0.15, -0.1) is 0 Å². The summed E-state index contributed by atoms with van der Waals surface area (Å²) in [5.74, 6) is 0. The second kappa shape index (κ2) is 8.29. The lowest BCUT2D eigenvalue weighted by molar-refractivity contribution is 1.29. The van der Waals surface area contributed by atoms with Crippen molar-refractivity contribution in [1.82, 2.24) is 0 Å². The second-order valence-corrected chi connectivity index (χ2v) is 8.25. The van der Waals surface area contributed by atoms with Crippen LogP contribution in [0.15, 0.2) is 140 Å². The van der Waals surface area contributed by atoms with E-state index in [-0.39, 0.29) is 0 Å². The van der Waals surface area contributed by atoms with Crippen molar-refractivity contribution in [3.05, 3.63) is 140 Å². The molecule has 6 aromatic rings. The molecule has 156 valence electrons. The normalized spacial score (nSPS) is 11.0. The lowest BCUT2D eigenvalue weighted by atomic mass is 9.99. The van der Waals surface area contributed by atoms with Crippen LogP contribution in [0.2, 0.25) is 0 Å². The monoisotopic (exact) mass is 421 g/mol. The molecule has 6 aromatic carbocycles. The van der Waals surface area contributed by atoms with Gasteiger partial charge in [-0.25, -0.2) is 0 Å². The van der Waals surface area contributed by atoms with Gasteiger partial charge in [0.2, 0.25) is 0 Å². The molecule has 0 unspecified atom stereocenters. The highest BCUT2D eigenvalue weighted by molar-refractivity contribution is 6.08. The van der Waals surface area contributed by atoms with Crippen LogP contribution in [0.5, 0.6) is 0 Å². The third-order valence-corrected chi connectivity index (χ3v) is 6.23. The number of rotatable bonds is 4. The van der Waals surface area contributed by atoms with Crippen molar-refractivity contribution < 1.29 is 0 Å². The number of fused-ring (bicyclic) bond motifs is 3. The van der Waals surface area contributed by atoms with Crippen molar-refractivity contribution in [2.24, 2.45) is 0 Å². The molecule has 0 spiro atoms. The van der Waals surface area contributed by atoms with Gasteiger partial charge in [-0.2, -0.15) is 0 Å². The first kappa shape index (κ1) is 19.3. The summed E-state index contributed by atoms with van der Waals surface area (Å²) >= 11 is 0. The third kappa shape index (κ3) is 3.54. The number of hydrogen-bond acceptors (Lipinski definition) is 1. The van der Waals surface area contributed by atoms with Crippen LogP contribution in [0.25, 0.3) is 32.7 Å². The van der Waals surface area contributed by atoms with Crippen LogP contribution in [-0.2, 0) is 0 Å². The highest BCUT2D eigenvalue weighted by Gasteiger charge is 2.17. The van der Waals surface area contributed by atoms with Crippen LogP contribution in [0.1, 0.15) is 0 Å². The minimum Gasteiger partial charge on any atom is -0.310 e. The standard InChI is InChI=1S/C32H23N/c1-3-11-24(12-4-1)31-17-9-10-18-32(31)33(27-14-5-2-6-15-27)28-21-22-30-26(23-28)20-19-25-13-7-8-16-29(25)30/h1-23H. The molecule has 0 aromatic heterocycles. The van der Waals surface area contributed by atoms with Gasteiger partial charge in [0, 0.05) is 16.9 Å². The van der Waals surface area contributed by atoms with Crippen molar-refractivity contribution in [1.29, 1.82) is 0 Å². The fourth-order valence-corrected chi connectivity index (χ4v) is 4.67. The number of para-hydroxylation sites is 2. The highest BCUT2D eigenvalue weighted by atomic mass is 15.1. The Morgan fingerprint density at radius 1 is 0.394 bits per heavy atom. The Labute approximate surface area is 194 Å². The van der Waals surface area contributed by atoms with Gasteiger partial charge in [0.15, 0.2) is 0 Å². The lowest BCUT2D eigenvalue weighted by Gasteiger charge is -2.28. The Balaban J connectivity index is 1.58. The summed E-state index contributed by atoms with van der Waals surface area (Å²) in [5, 5.41) is 5.08. The van der Waals surface area contributed by atoms with Crippen LogP contribution < -0.4 is 4.90 Å². The molecule has 6 rings (SSSR count). The summed E-state index contributed by atoms with van der Waals surface area (Å²) in [7, 11) is 0. The van der Waals surface area contributed by atoms with E-state index in [1.54, 1.807) is 0 Å². The average molecular weight is 422 g/mol. The maximum absolute atomic E-state index is 2.36. The van der Waals surface area contributed by atoms with Crippen LogP contribution >= 0.6 is 0 Å². The molecule has 0 aliphatic carbocycles. The van der Waals surface area contributed by atoms with Crippen LogP contribution in [-0.4, -0.2) is 0 Å². The SMILES string of the molecule is c1ccc(-c2ccccc2N(c2ccccc2)c2ccc3c(ccc4ccccc43)c2)cc1. The third-order valence-electron chi connectivity index (χ3n) is 6.23. The molecule has 0 aliphatic heterocycles. The zero-order valence-corrected chi connectivity index (χ0v) is 18.2. The fourth-order valence-electron chi connectivity index (χ4n) is 4.67. The van der Waals surface area contributed by atoms with Crippen molar-refractivity contribution in [3.8, 4) is 11.1 Å². The molecule has 0 amide bonds. The predicted molar refractivity (Wildman–Crippen MR) is 142 cm³/mol. The van der Waals surface area contributed by atoms with Gasteiger partial charge in [-0.05, 0) is 57.4 Å². The number of benzene rings is 6. The van der Waals surface area contributed by atoms with E-state index in [0.29, 0.717) is 0 Å². The average Bonchev–Trinajstić information content (AvgIpc) is 2.90.